The number of alkyl halides is 5. The Morgan fingerprint density at radius 3 is 2.37 bits per heavy atom. The first-order valence-electron chi connectivity index (χ1n) is 12.3. The second-order valence-electron chi connectivity index (χ2n) is 9.64. The summed E-state index contributed by atoms with van der Waals surface area (Å²) in [5, 5.41) is 9.78. The normalized spacial score (nSPS) is 17.2. The number of carbonyl (C=O) groups excluding carboxylic acids is 1. The number of ether oxygens (including phenoxy) is 4. The molecule has 41 heavy (non-hydrogen) atoms. The predicted molar refractivity (Wildman–Crippen MR) is 136 cm³/mol. The van der Waals surface area contributed by atoms with Crippen LogP contribution in [0.25, 0.3) is 0 Å². The van der Waals surface area contributed by atoms with Gasteiger partial charge in [-0.2, -0.15) is 13.2 Å². The second kappa shape index (κ2) is 12.5. The highest BCUT2D eigenvalue weighted by Crippen LogP contribution is 2.42. The molecule has 1 atom stereocenters. The van der Waals surface area contributed by atoms with E-state index in [9.17, 15) is 36.6 Å². The quantitative estimate of drug-likeness (QED) is 0.266. The molecule has 2 heterocycles. The van der Waals surface area contributed by atoms with Crippen molar-refractivity contribution in [3.05, 3.63) is 51.5 Å². The fourth-order valence-corrected chi connectivity index (χ4v) is 5.13. The molecule has 2 aliphatic heterocycles. The monoisotopic (exact) mass is 627 g/mol. The maximum atomic E-state index is 13.0. The molecule has 2 aliphatic rings. The Kier molecular flexibility index (Phi) is 9.39. The minimum atomic E-state index is -5.28. The zero-order chi connectivity index (χ0) is 29.9. The van der Waals surface area contributed by atoms with Crippen LogP contribution in [0, 0.1) is 0 Å². The minimum absolute atomic E-state index is 0.165. The van der Waals surface area contributed by atoms with Crippen molar-refractivity contribution in [2.75, 3.05) is 32.8 Å². The molecule has 0 aromatic heterocycles. The van der Waals surface area contributed by atoms with Gasteiger partial charge in [0.1, 0.15) is 47.7 Å². The van der Waals surface area contributed by atoms with Crippen LogP contribution in [-0.2, 0) is 16.0 Å². The van der Waals surface area contributed by atoms with Crippen LogP contribution in [0.3, 0.4) is 0 Å². The number of hydrogen-bond acceptors (Lipinski definition) is 7. The zero-order valence-electron chi connectivity index (χ0n) is 21.2. The molecule has 0 aliphatic carbocycles. The lowest BCUT2D eigenvalue weighted by molar-refractivity contribution is -0.206. The number of hydrogen-bond donors (Lipinski definition) is 1. The number of carboxylic acids is 1. The van der Waals surface area contributed by atoms with Gasteiger partial charge in [0.2, 0.25) is 0 Å². The smallest absolute Gasteiger partial charge is 0.489 e. The molecule has 224 valence electrons. The molecule has 1 N–H and O–H groups in total. The number of rotatable bonds is 10. The number of halogens is 7. The Labute approximate surface area is 240 Å². The van der Waals surface area contributed by atoms with Crippen molar-refractivity contribution >= 4 is 35.1 Å². The molecule has 2 aromatic carbocycles. The first-order chi connectivity index (χ1) is 19.2. The van der Waals surface area contributed by atoms with E-state index in [1.165, 1.54) is 0 Å². The van der Waals surface area contributed by atoms with E-state index in [0.717, 1.165) is 23.4 Å². The summed E-state index contributed by atoms with van der Waals surface area (Å²) in [5.74, 6) is -3.97. The van der Waals surface area contributed by atoms with E-state index >= 15 is 0 Å². The van der Waals surface area contributed by atoms with E-state index in [0.29, 0.717) is 37.4 Å². The number of carboxylic acid groups (broad SMARTS) is 1. The summed E-state index contributed by atoms with van der Waals surface area (Å²) < 4.78 is 85.3. The lowest BCUT2D eigenvalue weighted by Crippen LogP contribution is -2.50. The van der Waals surface area contributed by atoms with Crippen molar-refractivity contribution in [1.82, 2.24) is 4.90 Å². The molecule has 0 bridgehead atoms. The van der Waals surface area contributed by atoms with Crippen LogP contribution in [0.15, 0.2) is 30.3 Å². The van der Waals surface area contributed by atoms with Crippen molar-refractivity contribution in [3.63, 3.8) is 0 Å². The molecule has 1 fully saturated rings. The number of esters is 1. The third-order valence-corrected chi connectivity index (χ3v) is 7.18. The standard InChI is InChI=1S/C26H24Cl2F5NO7/c27-15-1-2-19-14(7-15)10-25(41-19)3-5-34(6-4-25)11-16(40-24(37)26(31,32)33)12-38-20-9-21(39-13-22(29)30)18(28)8-17(20)23(35)36/h1-2,7-9,16,22H,3-6,10-13H2,(H,35,36)/t16-/m0/s1. The van der Waals surface area contributed by atoms with Crippen LogP contribution in [0.5, 0.6) is 17.2 Å². The van der Waals surface area contributed by atoms with Gasteiger partial charge in [-0.05, 0) is 29.8 Å². The Balaban J connectivity index is 1.45. The van der Waals surface area contributed by atoms with Gasteiger partial charge in [-0.1, -0.05) is 23.2 Å². The summed E-state index contributed by atoms with van der Waals surface area (Å²) in [7, 11) is 0. The van der Waals surface area contributed by atoms with Crippen LogP contribution in [0.4, 0.5) is 22.0 Å². The van der Waals surface area contributed by atoms with Crippen LogP contribution >= 0.6 is 23.2 Å². The topological polar surface area (TPSA) is 94.5 Å². The number of fused-ring (bicyclic) bond motifs is 1. The van der Waals surface area contributed by atoms with E-state index in [1.807, 2.05) is 6.07 Å². The van der Waals surface area contributed by atoms with Gasteiger partial charge >= 0.3 is 18.1 Å². The lowest BCUT2D eigenvalue weighted by Gasteiger charge is -2.39. The zero-order valence-corrected chi connectivity index (χ0v) is 22.7. The highest BCUT2D eigenvalue weighted by molar-refractivity contribution is 6.32. The summed E-state index contributed by atoms with van der Waals surface area (Å²) in [5.41, 5.74) is -0.0318. The van der Waals surface area contributed by atoms with E-state index in [4.69, 9.17) is 37.4 Å². The van der Waals surface area contributed by atoms with Crippen molar-refractivity contribution < 1.29 is 55.6 Å². The first-order valence-corrected chi connectivity index (χ1v) is 13.1. The lowest BCUT2D eigenvalue weighted by atomic mass is 9.87. The van der Waals surface area contributed by atoms with E-state index in [2.05, 4.69) is 4.74 Å². The molecule has 1 saturated heterocycles. The molecule has 0 saturated carbocycles. The molecule has 2 aromatic rings. The molecule has 15 heteroatoms. The maximum Gasteiger partial charge on any atom is 0.490 e. The van der Waals surface area contributed by atoms with Crippen molar-refractivity contribution in [2.24, 2.45) is 0 Å². The number of benzene rings is 2. The average molecular weight is 628 g/mol. The summed E-state index contributed by atoms with van der Waals surface area (Å²) in [6, 6.07) is 7.16. The third-order valence-electron chi connectivity index (χ3n) is 6.65. The minimum Gasteiger partial charge on any atom is -0.489 e. The van der Waals surface area contributed by atoms with E-state index < -0.39 is 60.8 Å². The fourth-order valence-electron chi connectivity index (χ4n) is 4.72. The Morgan fingerprint density at radius 2 is 1.73 bits per heavy atom. The largest absolute Gasteiger partial charge is 0.490 e. The van der Waals surface area contributed by atoms with Crippen molar-refractivity contribution in [1.29, 1.82) is 0 Å². The fraction of sp³-hybridized carbons (Fsp3) is 0.462. The van der Waals surface area contributed by atoms with E-state index in [1.54, 1.807) is 17.0 Å². The molecule has 8 nitrogen and oxygen atoms in total. The predicted octanol–water partition coefficient (Wildman–Crippen LogP) is 5.66. The van der Waals surface area contributed by atoms with Gasteiger partial charge in [0.25, 0.3) is 6.43 Å². The number of aromatic carboxylic acids is 1. The van der Waals surface area contributed by atoms with Gasteiger partial charge in [-0.15, -0.1) is 0 Å². The molecule has 4 rings (SSSR count). The Morgan fingerprint density at radius 1 is 1.05 bits per heavy atom. The third kappa shape index (κ3) is 7.83. The van der Waals surface area contributed by atoms with Crippen LogP contribution < -0.4 is 14.2 Å². The maximum absolute atomic E-state index is 13.0. The van der Waals surface area contributed by atoms with Gasteiger partial charge in [0.15, 0.2) is 0 Å². The molecule has 0 unspecified atom stereocenters. The van der Waals surface area contributed by atoms with Crippen molar-refractivity contribution in [2.45, 2.75) is 43.6 Å². The van der Waals surface area contributed by atoms with Gasteiger partial charge < -0.3 is 24.1 Å². The summed E-state index contributed by atoms with van der Waals surface area (Å²) >= 11 is 12.0. The summed E-state index contributed by atoms with van der Waals surface area (Å²) in [4.78, 5) is 25.1. The van der Waals surface area contributed by atoms with Crippen LogP contribution in [-0.4, -0.2) is 79.1 Å². The van der Waals surface area contributed by atoms with Gasteiger partial charge in [-0.3, -0.25) is 4.90 Å². The van der Waals surface area contributed by atoms with Gasteiger partial charge in [0, 0.05) is 50.0 Å². The number of carbonyl (C=O) groups is 2. The second-order valence-corrected chi connectivity index (χ2v) is 10.5. The average Bonchev–Trinajstić information content (AvgIpc) is 3.24. The number of piperidine rings is 1. The van der Waals surface area contributed by atoms with Crippen molar-refractivity contribution in [3.8, 4) is 17.2 Å². The molecular formula is C26H24Cl2F5NO7. The Hall–Kier alpha value is -3.03. The van der Waals surface area contributed by atoms with Gasteiger partial charge in [0.05, 0.1) is 5.02 Å². The summed E-state index contributed by atoms with van der Waals surface area (Å²) in [6.07, 6.45) is -7.92. The Bertz CT molecular complexity index is 1290. The highest BCUT2D eigenvalue weighted by atomic mass is 35.5. The molecule has 0 radical (unpaired) electrons. The SMILES string of the molecule is O=C(O)c1cc(Cl)c(OCC(F)F)cc1OC[C@H](CN1CCC2(CC1)Cc1cc(Cl)ccc1O2)OC(=O)C(F)(F)F. The molecular weight excluding hydrogens is 604 g/mol. The molecule has 0 amide bonds. The van der Waals surface area contributed by atoms with E-state index in [-0.39, 0.29) is 17.3 Å². The highest BCUT2D eigenvalue weighted by Gasteiger charge is 2.44. The first kappa shape index (κ1) is 30.9. The van der Waals surface area contributed by atoms with Crippen LogP contribution in [0.1, 0.15) is 28.8 Å². The number of nitrogens with zero attached hydrogens (tertiary/aromatic N) is 1. The van der Waals surface area contributed by atoms with Gasteiger partial charge in [-0.25, -0.2) is 18.4 Å². The molecule has 1 spiro atoms. The summed E-state index contributed by atoms with van der Waals surface area (Å²) in [6.45, 7) is -1.10. The van der Waals surface area contributed by atoms with Crippen LogP contribution in [0.2, 0.25) is 10.0 Å². The number of likely N-dealkylation sites (tertiary alicyclic amines) is 1.